The Hall–Kier alpha value is -3.00. The predicted molar refractivity (Wildman–Crippen MR) is 124 cm³/mol. The molecule has 1 amide bonds. The monoisotopic (exact) mass is 455 g/mol. The smallest absolute Gasteiger partial charge is 0.338 e. The summed E-state index contributed by atoms with van der Waals surface area (Å²) in [6.45, 7) is 8.16. The molecule has 178 valence electrons. The van der Waals surface area contributed by atoms with Crippen LogP contribution in [0.1, 0.15) is 76.1 Å². The van der Waals surface area contributed by atoms with Gasteiger partial charge in [-0.15, -0.1) is 0 Å². The largest absolute Gasteiger partial charge is 0.462 e. The van der Waals surface area contributed by atoms with E-state index in [1.807, 2.05) is 13.8 Å². The molecule has 8 nitrogen and oxygen atoms in total. The average Bonchev–Trinajstić information content (AvgIpc) is 3.14. The van der Waals surface area contributed by atoms with Crippen molar-refractivity contribution < 1.29 is 23.9 Å². The van der Waals surface area contributed by atoms with Gasteiger partial charge in [0, 0.05) is 37.4 Å². The summed E-state index contributed by atoms with van der Waals surface area (Å²) in [4.78, 5) is 36.7. The van der Waals surface area contributed by atoms with E-state index >= 15 is 0 Å². The van der Waals surface area contributed by atoms with E-state index in [1.54, 1.807) is 28.9 Å². The van der Waals surface area contributed by atoms with Gasteiger partial charge in [-0.3, -0.25) is 14.3 Å². The molecule has 1 aliphatic heterocycles. The summed E-state index contributed by atoms with van der Waals surface area (Å²) in [5.74, 6) is -0.549. The van der Waals surface area contributed by atoms with E-state index in [4.69, 9.17) is 14.6 Å². The fraction of sp³-hybridized carbons (Fsp3) is 0.520. The van der Waals surface area contributed by atoms with Crippen LogP contribution < -0.4 is 5.32 Å². The maximum atomic E-state index is 12.8. The number of aryl methyl sites for hydroxylation is 1. The zero-order chi connectivity index (χ0) is 23.8. The van der Waals surface area contributed by atoms with Crippen LogP contribution in [0.2, 0.25) is 0 Å². The Bertz CT molecular complexity index is 981. The van der Waals surface area contributed by atoms with Crippen molar-refractivity contribution in [2.75, 3.05) is 26.4 Å². The summed E-state index contributed by atoms with van der Waals surface area (Å²) in [6, 6.07) is 6.45. The molecule has 0 saturated carbocycles. The maximum Gasteiger partial charge on any atom is 0.338 e. The number of fused-ring (bicyclic) bond motifs is 1. The second-order valence-corrected chi connectivity index (χ2v) is 8.46. The molecule has 0 radical (unpaired) electrons. The van der Waals surface area contributed by atoms with Crippen LogP contribution >= 0.6 is 0 Å². The first-order valence-corrected chi connectivity index (χ1v) is 11.6. The molecule has 1 aromatic carbocycles. The maximum absolute atomic E-state index is 12.8. The summed E-state index contributed by atoms with van der Waals surface area (Å²) in [7, 11) is 0. The molecule has 1 N–H and O–H groups in total. The van der Waals surface area contributed by atoms with Crippen molar-refractivity contribution in [1.29, 1.82) is 0 Å². The number of hydrogen-bond donors (Lipinski definition) is 1. The van der Waals surface area contributed by atoms with Crippen LogP contribution in [0.5, 0.6) is 0 Å². The number of ether oxygens (including phenoxy) is 2. The Labute approximate surface area is 194 Å². The number of rotatable bonds is 7. The van der Waals surface area contributed by atoms with Gasteiger partial charge in [0.2, 0.25) is 0 Å². The normalized spacial score (nSPS) is 15.7. The predicted octanol–water partition coefficient (Wildman–Crippen LogP) is 3.22. The van der Waals surface area contributed by atoms with Crippen LogP contribution in [-0.4, -0.2) is 53.8 Å². The number of Topliss-reactive ketones (excluding diaryl/α,β-unsaturated/α-hetero) is 1. The fourth-order valence-corrected chi connectivity index (χ4v) is 3.90. The highest BCUT2D eigenvalue weighted by Gasteiger charge is 2.24. The number of nitrogens with zero attached hydrogens (tertiary/aromatic N) is 2. The van der Waals surface area contributed by atoms with Gasteiger partial charge in [-0.2, -0.15) is 5.10 Å². The number of nitrogens with one attached hydrogen (secondary N) is 1. The first-order valence-electron chi connectivity index (χ1n) is 11.6. The Balaban J connectivity index is 1.68. The third-order valence-electron chi connectivity index (χ3n) is 5.68. The van der Waals surface area contributed by atoms with E-state index in [9.17, 15) is 14.4 Å². The number of hydrogen-bond acceptors (Lipinski definition) is 6. The molecule has 1 aromatic heterocycles. The van der Waals surface area contributed by atoms with Crippen LogP contribution in [0.25, 0.3) is 0 Å². The molecule has 0 saturated heterocycles. The lowest BCUT2D eigenvalue weighted by Gasteiger charge is -2.12. The number of carbonyl (C=O) groups is 3. The van der Waals surface area contributed by atoms with Gasteiger partial charge in [0.25, 0.3) is 5.91 Å². The van der Waals surface area contributed by atoms with E-state index in [-0.39, 0.29) is 24.2 Å². The minimum absolute atomic E-state index is 0.0206. The molecule has 0 fully saturated rings. The van der Waals surface area contributed by atoms with Gasteiger partial charge < -0.3 is 14.8 Å². The molecule has 2 aromatic rings. The van der Waals surface area contributed by atoms with Crippen molar-refractivity contribution in [3.05, 3.63) is 52.3 Å². The van der Waals surface area contributed by atoms with E-state index < -0.39 is 5.97 Å². The highest BCUT2D eigenvalue weighted by molar-refractivity contribution is 5.96. The number of amides is 1. The molecule has 33 heavy (non-hydrogen) atoms. The Morgan fingerprint density at radius 3 is 2.58 bits per heavy atom. The summed E-state index contributed by atoms with van der Waals surface area (Å²) in [6.07, 6.45) is 2.92. The lowest BCUT2D eigenvalue weighted by atomic mass is 9.99. The van der Waals surface area contributed by atoms with Crippen LogP contribution in [0.15, 0.2) is 24.3 Å². The average molecular weight is 456 g/mol. The van der Waals surface area contributed by atoms with Gasteiger partial charge in [0.1, 0.15) is 5.69 Å². The SMILES string of the molecule is CCn1nc(C[C@@H](C)COC(=O)c2ccc(C(C)=O)cc2)c2c1C(=O)NCCCOCCC2. The van der Waals surface area contributed by atoms with Gasteiger partial charge >= 0.3 is 5.97 Å². The van der Waals surface area contributed by atoms with Crippen molar-refractivity contribution in [2.45, 2.75) is 53.0 Å². The lowest BCUT2D eigenvalue weighted by molar-refractivity contribution is 0.0448. The molecule has 0 spiro atoms. The summed E-state index contributed by atoms with van der Waals surface area (Å²) >= 11 is 0. The standard InChI is InChI=1S/C25H33N3O5/c1-4-28-23-21(7-5-13-32-14-6-12-26-24(23)30)22(27-28)15-17(2)16-33-25(31)20-10-8-19(9-11-20)18(3)29/h8-11,17H,4-7,12-16H2,1-3H3,(H,26,30)/t17-/m1/s1. The van der Waals surface area contributed by atoms with Gasteiger partial charge in [-0.1, -0.05) is 19.1 Å². The van der Waals surface area contributed by atoms with Gasteiger partial charge in [0.15, 0.2) is 5.78 Å². The minimum Gasteiger partial charge on any atom is -0.462 e. The molecule has 0 unspecified atom stereocenters. The molecule has 0 aliphatic carbocycles. The van der Waals surface area contributed by atoms with E-state index in [1.165, 1.54) is 6.92 Å². The van der Waals surface area contributed by atoms with Crippen LogP contribution in [-0.2, 0) is 28.9 Å². The lowest BCUT2D eigenvalue weighted by Crippen LogP contribution is -2.28. The van der Waals surface area contributed by atoms with Crippen molar-refractivity contribution in [3.63, 3.8) is 0 Å². The van der Waals surface area contributed by atoms with Crippen molar-refractivity contribution >= 4 is 17.7 Å². The number of benzene rings is 1. The molecular formula is C25H33N3O5. The third-order valence-corrected chi connectivity index (χ3v) is 5.68. The molecule has 0 bridgehead atoms. The van der Waals surface area contributed by atoms with Crippen molar-refractivity contribution in [1.82, 2.24) is 15.1 Å². The summed E-state index contributed by atoms with van der Waals surface area (Å²) < 4.78 is 12.9. The van der Waals surface area contributed by atoms with E-state index in [0.717, 1.165) is 24.1 Å². The highest BCUT2D eigenvalue weighted by Crippen LogP contribution is 2.21. The van der Waals surface area contributed by atoms with Crippen molar-refractivity contribution in [3.8, 4) is 0 Å². The summed E-state index contributed by atoms with van der Waals surface area (Å²) in [5, 5.41) is 7.70. The van der Waals surface area contributed by atoms with Gasteiger partial charge in [-0.05, 0) is 57.6 Å². The third kappa shape index (κ3) is 6.51. The highest BCUT2D eigenvalue weighted by atomic mass is 16.5. The first kappa shape index (κ1) is 24.6. The Kier molecular flexibility index (Phi) is 8.77. The molecular weight excluding hydrogens is 422 g/mol. The Morgan fingerprint density at radius 2 is 1.88 bits per heavy atom. The zero-order valence-corrected chi connectivity index (χ0v) is 19.7. The number of esters is 1. The molecule has 1 aliphatic rings. The fourth-order valence-electron chi connectivity index (χ4n) is 3.90. The minimum atomic E-state index is -0.424. The van der Waals surface area contributed by atoms with Crippen LogP contribution in [0.4, 0.5) is 0 Å². The first-order chi connectivity index (χ1) is 15.9. The van der Waals surface area contributed by atoms with Gasteiger partial charge in [-0.25, -0.2) is 4.79 Å². The number of aromatic nitrogens is 2. The second kappa shape index (κ2) is 11.7. The topological polar surface area (TPSA) is 99.5 Å². The van der Waals surface area contributed by atoms with E-state index in [2.05, 4.69) is 5.32 Å². The zero-order valence-electron chi connectivity index (χ0n) is 19.7. The quantitative estimate of drug-likeness (QED) is 0.508. The molecule has 3 rings (SSSR count). The number of carbonyl (C=O) groups excluding carboxylic acids is 3. The molecule has 2 heterocycles. The molecule has 1 atom stereocenters. The second-order valence-electron chi connectivity index (χ2n) is 8.46. The van der Waals surface area contributed by atoms with Crippen LogP contribution in [0.3, 0.4) is 0 Å². The summed E-state index contributed by atoms with van der Waals surface area (Å²) in [5.41, 5.74) is 3.42. The van der Waals surface area contributed by atoms with Crippen LogP contribution in [0, 0.1) is 5.92 Å². The number of ketones is 1. The Morgan fingerprint density at radius 1 is 1.18 bits per heavy atom. The van der Waals surface area contributed by atoms with Crippen molar-refractivity contribution in [2.24, 2.45) is 5.92 Å². The van der Waals surface area contributed by atoms with Gasteiger partial charge in [0.05, 0.1) is 17.9 Å². The molecule has 8 heteroatoms. The van der Waals surface area contributed by atoms with E-state index in [0.29, 0.717) is 56.0 Å².